The first kappa shape index (κ1) is 32.6. The molecule has 0 saturated heterocycles. The zero-order chi connectivity index (χ0) is 31.9. The molecule has 0 fully saturated rings. The van der Waals surface area contributed by atoms with Crippen LogP contribution in [0.25, 0.3) is 0 Å². The van der Waals surface area contributed by atoms with E-state index in [0.29, 0.717) is 21.9 Å². The molecule has 0 aliphatic carbocycles. The van der Waals surface area contributed by atoms with E-state index in [1.165, 1.54) is 30.1 Å². The van der Waals surface area contributed by atoms with Crippen molar-refractivity contribution in [3.63, 3.8) is 0 Å². The van der Waals surface area contributed by atoms with Crippen molar-refractivity contribution in [1.29, 1.82) is 0 Å². The zero-order valence-corrected chi connectivity index (χ0v) is 26.7. The first-order valence-electron chi connectivity index (χ1n) is 14.1. The summed E-state index contributed by atoms with van der Waals surface area (Å²) in [4.78, 5) is 29.3. The van der Waals surface area contributed by atoms with Crippen molar-refractivity contribution < 1.29 is 22.7 Å². The summed E-state index contributed by atoms with van der Waals surface area (Å²) in [6.07, 6.45) is 0.219. The van der Waals surface area contributed by atoms with Gasteiger partial charge in [0.2, 0.25) is 11.8 Å². The normalized spacial score (nSPS) is 11.8. The summed E-state index contributed by atoms with van der Waals surface area (Å²) >= 11 is 6.33. The topological polar surface area (TPSA) is 96.0 Å². The molecule has 2 amide bonds. The third-order valence-corrected chi connectivity index (χ3v) is 9.34. The number of likely N-dealkylation sites (N-methyl/N-ethyl adjacent to an activating group) is 1. The van der Waals surface area contributed by atoms with Crippen LogP contribution in [0.1, 0.15) is 22.3 Å². The number of nitrogens with one attached hydrogen (secondary N) is 1. The first-order chi connectivity index (χ1) is 21.0. The van der Waals surface area contributed by atoms with Crippen LogP contribution in [0.4, 0.5) is 5.69 Å². The number of methoxy groups -OCH3 is 1. The van der Waals surface area contributed by atoms with Crippen LogP contribution >= 0.6 is 11.6 Å². The smallest absolute Gasteiger partial charge is 0.264 e. The van der Waals surface area contributed by atoms with Gasteiger partial charge in [-0.15, -0.1) is 0 Å². The van der Waals surface area contributed by atoms with Gasteiger partial charge < -0.3 is 15.0 Å². The van der Waals surface area contributed by atoms with Gasteiger partial charge in [0.05, 0.1) is 17.7 Å². The number of hydrogen-bond donors (Lipinski definition) is 1. The van der Waals surface area contributed by atoms with Gasteiger partial charge in [0.15, 0.2) is 0 Å². The molecule has 0 spiro atoms. The van der Waals surface area contributed by atoms with Gasteiger partial charge in [-0.25, -0.2) is 8.42 Å². The third kappa shape index (κ3) is 7.78. The maximum absolute atomic E-state index is 14.4. The van der Waals surface area contributed by atoms with Gasteiger partial charge in [-0.05, 0) is 66.9 Å². The molecule has 0 bridgehead atoms. The van der Waals surface area contributed by atoms with E-state index in [0.717, 1.165) is 15.4 Å². The molecule has 8 nitrogen and oxygen atoms in total. The third-order valence-electron chi connectivity index (χ3n) is 7.33. The Morgan fingerprint density at radius 3 is 2.23 bits per heavy atom. The molecule has 0 aromatic heterocycles. The molecule has 230 valence electrons. The Morgan fingerprint density at radius 2 is 1.57 bits per heavy atom. The van der Waals surface area contributed by atoms with E-state index in [9.17, 15) is 18.0 Å². The number of carbonyl (C=O) groups excluding carboxylic acids is 2. The van der Waals surface area contributed by atoms with Gasteiger partial charge in [-0.2, -0.15) is 0 Å². The van der Waals surface area contributed by atoms with Crippen molar-refractivity contribution in [2.45, 2.75) is 37.8 Å². The fraction of sp³-hybridized carbons (Fsp3) is 0.235. The molecular formula is C34H36ClN3O5S. The lowest BCUT2D eigenvalue weighted by molar-refractivity contribution is -0.139. The van der Waals surface area contributed by atoms with Crippen molar-refractivity contribution in [2.75, 3.05) is 25.0 Å². The molecule has 0 aliphatic rings. The second-order valence-corrected chi connectivity index (χ2v) is 12.7. The fourth-order valence-electron chi connectivity index (χ4n) is 4.89. The Hall–Kier alpha value is -4.34. The number of halogens is 1. The number of amides is 2. The second kappa shape index (κ2) is 14.4. The Morgan fingerprint density at radius 1 is 0.886 bits per heavy atom. The fourth-order valence-corrected chi connectivity index (χ4v) is 6.53. The Bertz CT molecular complexity index is 1710. The molecule has 4 aromatic carbocycles. The molecule has 0 radical (unpaired) electrons. The molecule has 10 heteroatoms. The average molecular weight is 634 g/mol. The Labute approximate surface area is 264 Å². The summed E-state index contributed by atoms with van der Waals surface area (Å²) in [5.41, 5.74) is 3.34. The molecule has 44 heavy (non-hydrogen) atoms. The van der Waals surface area contributed by atoms with Crippen LogP contribution in [-0.2, 0) is 32.6 Å². The number of ether oxygens (including phenoxy) is 1. The summed E-state index contributed by atoms with van der Waals surface area (Å²) in [5, 5.41) is 3.01. The lowest BCUT2D eigenvalue weighted by atomic mass is 10.0. The van der Waals surface area contributed by atoms with Gasteiger partial charge in [0.1, 0.15) is 18.3 Å². The number of rotatable bonds is 12. The molecule has 0 aliphatic heterocycles. The van der Waals surface area contributed by atoms with Crippen molar-refractivity contribution in [2.24, 2.45) is 0 Å². The number of aryl methyl sites for hydroxylation is 2. The maximum Gasteiger partial charge on any atom is 0.264 e. The van der Waals surface area contributed by atoms with Crippen LogP contribution < -0.4 is 14.4 Å². The largest absolute Gasteiger partial charge is 0.497 e. The Kier molecular flexibility index (Phi) is 10.7. The quantitative estimate of drug-likeness (QED) is 0.221. The number of sulfonamides is 1. The minimum absolute atomic E-state index is 0.0294. The van der Waals surface area contributed by atoms with Gasteiger partial charge in [0, 0.05) is 25.0 Å². The van der Waals surface area contributed by atoms with Crippen LogP contribution in [0.5, 0.6) is 5.75 Å². The standard InChI is InChI=1S/C34H36ClN3O5S/c1-24-13-17-30(18-14-24)44(41,42)38(31-21-28(35)16-15-25(31)2)23-33(39)37(22-27-11-8-12-29(19-27)43-4)32(34(40)36-3)20-26-9-6-5-7-10-26/h5-19,21,32H,20,22-23H2,1-4H3,(H,36,40)/t32-/m0/s1. The lowest BCUT2D eigenvalue weighted by Crippen LogP contribution is -2.53. The van der Waals surface area contributed by atoms with Crippen LogP contribution in [0.3, 0.4) is 0 Å². The summed E-state index contributed by atoms with van der Waals surface area (Å²) in [7, 11) is -1.17. The van der Waals surface area contributed by atoms with Crippen LogP contribution in [0.2, 0.25) is 5.02 Å². The van der Waals surface area contributed by atoms with Gasteiger partial charge >= 0.3 is 0 Å². The zero-order valence-electron chi connectivity index (χ0n) is 25.2. The van der Waals surface area contributed by atoms with Gasteiger partial charge in [-0.3, -0.25) is 13.9 Å². The van der Waals surface area contributed by atoms with Crippen LogP contribution in [0, 0.1) is 13.8 Å². The molecule has 0 unspecified atom stereocenters. The molecular weight excluding hydrogens is 598 g/mol. The highest BCUT2D eigenvalue weighted by Crippen LogP contribution is 2.30. The molecule has 4 aromatic rings. The van der Waals surface area contributed by atoms with Crippen molar-refractivity contribution in [3.8, 4) is 5.75 Å². The highest BCUT2D eigenvalue weighted by molar-refractivity contribution is 7.92. The van der Waals surface area contributed by atoms with Crippen LogP contribution in [-0.4, -0.2) is 51.9 Å². The van der Waals surface area contributed by atoms with E-state index in [2.05, 4.69) is 5.32 Å². The summed E-state index contributed by atoms with van der Waals surface area (Å²) in [5.74, 6) is -0.350. The number of hydrogen-bond acceptors (Lipinski definition) is 5. The monoisotopic (exact) mass is 633 g/mol. The minimum Gasteiger partial charge on any atom is -0.497 e. The summed E-state index contributed by atoms with van der Waals surface area (Å²) < 4.78 is 34.8. The van der Waals surface area contributed by atoms with Crippen LogP contribution in [0.15, 0.2) is 102 Å². The minimum atomic E-state index is -4.23. The second-order valence-electron chi connectivity index (χ2n) is 10.4. The van der Waals surface area contributed by atoms with E-state index < -0.39 is 28.5 Å². The van der Waals surface area contributed by atoms with Crippen molar-refractivity contribution >= 4 is 39.1 Å². The maximum atomic E-state index is 14.4. The van der Waals surface area contributed by atoms with E-state index in [1.807, 2.05) is 43.3 Å². The number of carbonyl (C=O) groups is 2. The molecule has 0 heterocycles. The van der Waals surface area contributed by atoms with E-state index in [4.69, 9.17) is 16.3 Å². The highest BCUT2D eigenvalue weighted by Gasteiger charge is 2.35. The van der Waals surface area contributed by atoms with Gasteiger partial charge in [-0.1, -0.05) is 77.8 Å². The Balaban J connectivity index is 1.82. The van der Waals surface area contributed by atoms with E-state index in [-0.39, 0.29) is 29.5 Å². The van der Waals surface area contributed by atoms with Gasteiger partial charge in [0.25, 0.3) is 10.0 Å². The molecule has 4 rings (SSSR count). The predicted molar refractivity (Wildman–Crippen MR) is 173 cm³/mol. The number of anilines is 1. The predicted octanol–water partition coefficient (Wildman–Crippen LogP) is 5.55. The van der Waals surface area contributed by atoms with E-state index >= 15 is 0 Å². The molecule has 1 atom stereocenters. The SMILES string of the molecule is CNC(=O)[C@H](Cc1ccccc1)N(Cc1cccc(OC)c1)C(=O)CN(c1cc(Cl)ccc1C)S(=O)(=O)c1ccc(C)cc1. The lowest BCUT2D eigenvalue weighted by Gasteiger charge is -2.34. The summed E-state index contributed by atoms with van der Waals surface area (Å²) in [6, 6.07) is 26.9. The van der Waals surface area contributed by atoms with E-state index in [1.54, 1.807) is 56.5 Å². The summed E-state index contributed by atoms with van der Waals surface area (Å²) in [6.45, 7) is 3.09. The number of benzene rings is 4. The molecule has 0 saturated carbocycles. The highest BCUT2D eigenvalue weighted by atomic mass is 35.5. The average Bonchev–Trinajstić information content (AvgIpc) is 3.03. The first-order valence-corrected chi connectivity index (χ1v) is 15.9. The van der Waals surface area contributed by atoms with Crippen molar-refractivity contribution in [3.05, 3.63) is 124 Å². The molecule has 1 N–H and O–H groups in total. The number of nitrogens with zero attached hydrogens (tertiary/aromatic N) is 2. The van der Waals surface area contributed by atoms with Crippen molar-refractivity contribution in [1.82, 2.24) is 10.2 Å².